The SMILES string of the molecule is COc1ccc(NC(=O)[C@H](C)OC(=O)/C=C/c2ccc(C)cc2)c([N+](=O)[O-])c1. The zero-order chi connectivity index (χ0) is 20.7. The number of nitro benzene ring substituents is 1. The van der Waals surface area contributed by atoms with Crippen molar-refractivity contribution >= 4 is 29.3 Å². The van der Waals surface area contributed by atoms with Gasteiger partial charge in [-0.2, -0.15) is 0 Å². The molecule has 0 aromatic heterocycles. The van der Waals surface area contributed by atoms with Crippen LogP contribution in [0.2, 0.25) is 0 Å². The maximum Gasteiger partial charge on any atom is 0.331 e. The van der Waals surface area contributed by atoms with Crippen molar-refractivity contribution in [3.05, 3.63) is 69.8 Å². The van der Waals surface area contributed by atoms with Crippen molar-refractivity contribution in [3.63, 3.8) is 0 Å². The van der Waals surface area contributed by atoms with Crippen molar-refractivity contribution in [1.82, 2.24) is 0 Å². The molecule has 0 unspecified atom stereocenters. The zero-order valence-electron chi connectivity index (χ0n) is 15.7. The molecule has 0 fully saturated rings. The van der Waals surface area contributed by atoms with E-state index in [1.807, 2.05) is 31.2 Å². The van der Waals surface area contributed by atoms with E-state index < -0.39 is 22.9 Å². The summed E-state index contributed by atoms with van der Waals surface area (Å²) in [7, 11) is 1.38. The van der Waals surface area contributed by atoms with Crippen LogP contribution in [0.4, 0.5) is 11.4 Å². The van der Waals surface area contributed by atoms with Gasteiger partial charge in [-0.15, -0.1) is 0 Å². The number of rotatable bonds is 7. The Morgan fingerprint density at radius 2 is 1.86 bits per heavy atom. The van der Waals surface area contributed by atoms with E-state index in [1.165, 1.54) is 38.3 Å². The van der Waals surface area contributed by atoms with Crippen LogP contribution < -0.4 is 10.1 Å². The van der Waals surface area contributed by atoms with Crippen molar-refractivity contribution in [3.8, 4) is 5.75 Å². The van der Waals surface area contributed by atoms with Gasteiger partial charge in [0.15, 0.2) is 6.10 Å². The predicted octanol–water partition coefficient (Wildman–Crippen LogP) is 3.50. The van der Waals surface area contributed by atoms with Crippen LogP contribution in [-0.2, 0) is 14.3 Å². The van der Waals surface area contributed by atoms with Crippen LogP contribution in [0.1, 0.15) is 18.1 Å². The number of carbonyl (C=O) groups excluding carboxylic acids is 2. The molecule has 0 aliphatic carbocycles. The highest BCUT2D eigenvalue weighted by Gasteiger charge is 2.22. The molecule has 28 heavy (non-hydrogen) atoms. The number of hydrogen-bond donors (Lipinski definition) is 1. The Labute approximate surface area is 161 Å². The van der Waals surface area contributed by atoms with Gasteiger partial charge in [0.2, 0.25) is 0 Å². The first-order valence-electron chi connectivity index (χ1n) is 8.39. The lowest BCUT2D eigenvalue weighted by molar-refractivity contribution is -0.384. The average molecular weight is 384 g/mol. The van der Waals surface area contributed by atoms with Crippen molar-refractivity contribution < 1.29 is 24.0 Å². The summed E-state index contributed by atoms with van der Waals surface area (Å²) in [5, 5.41) is 13.6. The van der Waals surface area contributed by atoms with Crippen molar-refractivity contribution in [2.45, 2.75) is 20.0 Å². The molecule has 2 aromatic rings. The first-order valence-corrected chi connectivity index (χ1v) is 8.39. The molecule has 0 heterocycles. The third-order valence-corrected chi connectivity index (χ3v) is 3.81. The Morgan fingerprint density at radius 1 is 1.18 bits per heavy atom. The monoisotopic (exact) mass is 384 g/mol. The number of anilines is 1. The van der Waals surface area contributed by atoms with Crippen LogP contribution in [0.3, 0.4) is 0 Å². The summed E-state index contributed by atoms with van der Waals surface area (Å²) in [6.45, 7) is 3.33. The number of benzene rings is 2. The summed E-state index contributed by atoms with van der Waals surface area (Å²) in [6.07, 6.45) is 1.64. The number of nitrogens with one attached hydrogen (secondary N) is 1. The lowest BCUT2D eigenvalue weighted by Gasteiger charge is -2.13. The largest absolute Gasteiger partial charge is 0.496 e. The van der Waals surface area contributed by atoms with Gasteiger partial charge in [-0.25, -0.2) is 4.79 Å². The molecule has 146 valence electrons. The molecule has 1 atom stereocenters. The number of carbonyl (C=O) groups is 2. The lowest BCUT2D eigenvalue weighted by Crippen LogP contribution is -2.29. The predicted molar refractivity (Wildman–Crippen MR) is 104 cm³/mol. The first-order chi connectivity index (χ1) is 13.3. The Morgan fingerprint density at radius 3 is 2.46 bits per heavy atom. The Bertz CT molecular complexity index is 905. The van der Waals surface area contributed by atoms with Gasteiger partial charge in [0.05, 0.1) is 18.1 Å². The average Bonchev–Trinajstić information content (AvgIpc) is 2.67. The molecule has 0 radical (unpaired) electrons. The molecular weight excluding hydrogens is 364 g/mol. The van der Waals surface area contributed by atoms with Crippen LogP contribution >= 0.6 is 0 Å². The van der Waals surface area contributed by atoms with Gasteiger partial charge >= 0.3 is 5.97 Å². The second-order valence-corrected chi connectivity index (χ2v) is 5.95. The summed E-state index contributed by atoms with van der Waals surface area (Å²) in [5.41, 5.74) is 1.56. The molecule has 0 aliphatic heterocycles. The fourth-order valence-corrected chi connectivity index (χ4v) is 2.24. The first kappa shape index (κ1) is 20.6. The number of nitrogens with zero attached hydrogens (tertiary/aromatic N) is 1. The third kappa shape index (κ3) is 5.66. The molecule has 0 bridgehead atoms. The topological polar surface area (TPSA) is 108 Å². The second kappa shape index (κ2) is 9.31. The summed E-state index contributed by atoms with van der Waals surface area (Å²) in [6, 6.07) is 11.5. The van der Waals surface area contributed by atoms with Gasteiger partial charge in [0.25, 0.3) is 11.6 Å². The number of amides is 1. The molecule has 8 nitrogen and oxygen atoms in total. The highest BCUT2D eigenvalue weighted by molar-refractivity contribution is 5.98. The fourth-order valence-electron chi connectivity index (χ4n) is 2.24. The molecule has 0 spiro atoms. The van der Waals surface area contributed by atoms with E-state index in [0.717, 1.165) is 11.1 Å². The fraction of sp³-hybridized carbons (Fsp3) is 0.200. The van der Waals surface area contributed by atoms with Crippen LogP contribution in [0.5, 0.6) is 5.75 Å². The minimum absolute atomic E-state index is 0.0195. The maximum absolute atomic E-state index is 12.2. The van der Waals surface area contributed by atoms with Crippen molar-refractivity contribution in [2.75, 3.05) is 12.4 Å². The Hall–Kier alpha value is -3.68. The van der Waals surface area contributed by atoms with Gasteiger partial charge < -0.3 is 14.8 Å². The standard InChI is InChI=1S/C20H20N2O6/c1-13-4-6-15(7-5-13)8-11-19(23)28-14(2)20(24)21-17-10-9-16(27-3)12-18(17)22(25)26/h4-12,14H,1-3H3,(H,21,24)/b11-8+/t14-/m0/s1. The molecule has 1 amide bonds. The minimum Gasteiger partial charge on any atom is -0.496 e. The molecule has 0 saturated heterocycles. The van der Waals surface area contributed by atoms with Gasteiger partial charge in [-0.05, 0) is 37.6 Å². The van der Waals surface area contributed by atoms with Gasteiger partial charge in [-0.3, -0.25) is 14.9 Å². The quantitative estimate of drug-likeness (QED) is 0.339. The maximum atomic E-state index is 12.2. The molecule has 2 aromatic carbocycles. The van der Waals surface area contributed by atoms with E-state index in [1.54, 1.807) is 6.08 Å². The smallest absolute Gasteiger partial charge is 0.331 e. The third-order valence-electron chi connectivity index (χ3n) is 3.81. The minimum atomic E-state index is -1.14. The van der Waals surface area contributed by atoms with Crippen molar-refractivity contribution in [1.29, 1.82) is 0 Å². The van der Waals surface area contributed by atoms with Gasteiger partial charge in [0, 0.05) is 6.08 Å². The number of hydrogen-bond acceptors (Lipinski definition) is 6. The summed E-state index contributed by atoms with van der Waals surface area (Å²) in [4.78, 5) is 34.6. The van der Waals surface area contributed by atoms with E-state index in [4.69, 9.17) is 9.47 Å². The Balaban J connectivity index is 2.00. The number of esters is 1. The van der Waals surface area contributed by atoms with E-state index in [9.17, 15) is 19.7 Å². The number of methoxy groups -OCH3 is 1. The van der Waals surface area contributed by atoms with Crippen LogP contribution in [-0.4, -0.2) is 30.0 Å². The highest BCUT2D eigenvalue weighted by Crippen LogP contribution is 2.29. The summed E-state index contributed by atoms with van der Waals surface area (Å²) in [5.74, 6) is -1.11. The molecule has 0 saturated carbocycles. The van der Waals surface area contributed by atoms with Crippen LogP contribution in [0, 0.1) is 17.0 Å². The summed E-state index contributed by atoms with van der Waals surface area (Å²) < 4.78 is 9.98. The Kier molecular flexibility index (Phi) is 6.86. The molecule has 8 heteroatoms. The highest BCUT2D eigenvalue weighted by atomic mass is 16.6. The number of aryl methyl sites for hydroxylation is 1. The van der Waals surface area contributed by atoms with E-state index in [-0.39, 0.29) is 17.1 Å². The zero-order valence-corrected chi connectivity index (χ0v) is 15.7. The number of nitro groups is 1. The van der Waals surface area contributed by atoms with E-state index in [0.29, 0.717) is 0 Å². The summed E-state index contributed by atoms with van der Waals surface area (Å²) >= 11 is 0. The van der Waals surface area contributed by atoms with Gasteiger partial charge in [-0.1, -0.05) is 29.8 Å². The van der Waals surface area contributed by atoms with E-state index in [2.05, 4.69) is 5.32 Å². The van der Waals surface area contributed by atoms with Crippen molar-refractivity contribution in [2.24, 2.45) is 0 Å². The number of ether oxygens (including phenoxy) is 2. The van der Waals surface area contributed by atoms with E-state index >= 15 is 0 Å². The van der Waals surface area contributed by atoms with Crippen LogP contribution in [0.25, 0.3) is 6.08 Å². The normalized spacial score (nSPS) is 11.7. The molecule has 1 N–H and O–H groups in total. The molecular formula is C20H20N2O6. The van der Waals surface area contributed by atoms with Crippen LogP contribution in [0.15, 0.2) is 48.5 Å². The van der Waals surface area contributed by atoms with Gasteiger partial charge in [0.1, 0.15) is 11.4 Å². The molecule has 2 rings (SSSR count). The lowest BCUT2D eigenvalue weighted by atomic mass is 10.1. The molecule has 0 aliphatic rings. The second-order valence-electron chi connectivity index (χ2n) is 5.95.